The van der Waals surface area contributed by atoms with Crippen LogP contribution in [0.5, 0.6) is 0 Å². The predicted octanol–water partition coefficient (Wildman–Crippen LogP) is 2.67. The highest BCUT2D eigenvalue weighted by Gasteiger charge is 2.24. The van der Waals surface area contributed by atoms with E-state index < -0.39 is 14.9 Å². The molecule has 108 valence electrons. The Hall–Kier alpha value is -1.47. The number of hydrogen-bond donors (Lipinski definition) is 0. The van der Waals surface area contributed by atoms with Gasteiger partial charge in [0.1, 0.15) is 5.82 Å². The number of benzene rings is 1. The number of hydrogen-bond acceptors (Lipinski definition) is 4. The van der Waals surface area contributed by atoms with Gasteiger partial charge in [-0.05, 0) is 18.1 Å². The van der Waals surface area contributed by atoms with Crippen LogP contribution >= 0.6 is 10.7 Å². The molecule has 0 saturated heterocycles. The highest BCUT2D eigenvalue weighted by Crippen LogP contribution is 2.25. The third kappa shape index (κ3) is 2.99. The van der Waals surface area contributed by atoms with E-state index in [0.717, 1.165) is 0 Å². The number of aromatic nitrogens is 3. The Morgan fingerprint density at radius 3 is 2.50 bits per heavy atom. The van der Waals surface area contributed by atoms with Crippen LogP contribution in [0.2, 0.25) is 0 Å². The molecule has 0 aliphatic carbocycles. The third-order valence-corrected chi connectivity index (χ3v) is 3.75. The Labute approximate surface area is 120 Å². The molecule has 2 aromatic rings. The predicted molar refractivity (Wildman–Crippen MR) is 73.3 cm³/mol. The molecule has 0 amide bonds. The molecule has 8 heteroatoms. The molecule has 0 atom stereocenters. The van der Waals surface area contributed by atoms with Gasteiger partial charge in [0.2, 0.25) is 0 Å². The maximum Gasteiger partial charge on any atom is 0.296 e. The Morgan fingerprint density at radius 1 is 1.30 bits per heavy atom. The van der Waals surface area contributed by atoms with Gasteiger partial charge in [-0.1, -0.05) is 26.0 Å². The minimum atomic E-state index is -4.04. The van der Waals surface area contributed by atoms with Gasteiger partial charge in [-0.2, -0.15) is 0 Å². The van der Waals surface area contributed by atoms with Crippen molar-refractivity contribution < 1.29 is 12.8 Å². The van der Waals surface area contributed by atoms with Gasteiger partial charge in [0.15, 0.2) is 5.82 Å². The molecule has 1 aromatic carbocycles. The van der Waals surface area contributed by atoms with Crippen molar-refractivity contribution in [1.82, 2.24) is 14.8 Å². The lowest BCUT2D eigenvalue weighted by Gasteiger charge is -2.11. The van der Waals surface area contributed by atoms with E-state index in [2.05, 4.69) is 10.2 Å². The minimum Gasteiger partial charge on any atom is -0.296 e. The zero-order valence-corrected chi connectivity index (χ0v) is 12.5. The van der Waals surface area contributed by atoms with Crippen LogP contribution in [0, 0.1) is 11.7 Å². The number of rotatable bonds is 4. The van der Waals surface area contributed by atoms with Crippen molar-refractivity contribution in [2.24, 2.45) is 5.92 Å². The van der Waals surface area contributed by atoms with Gasteiger partial charge in [0, 0.05) is 17.2 Å². The Bertz CT molecular complexity index is 728. The van der Waals surface area contributed by atoms with E-state index in [1.54, 1.807) is 12.1 Å². The van der Waals surface area contributed by atoms with Crippen molar-refractivity contribution >= 4 is 19.7 Å². The number of halogens is 2. The first-order chi connectivity index (χ1) is 9.30. The van der Waals surface area contributed by atoms with Gasteiger partial charge in [-0.3, -0.25) is 4.57 Å². The summed E-state index contributed by atoms with van der Waals surface area (Å²) in [5, 5.41) is 6.99. The normalized spacial score (nSPS) is 12.1. The van der Waals surface area contributed by atoms with Gasteiger partial charge in [-0.25, -0.2) is 12.8 Å². The Kier molecular flexibility index (Phi) is 4.10. The molecule has 0 saturated carbocycles. The minimum absolute atomic E-state index is 0.119. The third-order valence-electron chi connectivity index (χ3n) is 2.60. The van der Waals surface area contributed by atoms with Crippen LogP contribution in [0.25, 0.3) is 11.4 Å². The van der Waals surface area contributed by atoms with Crippen molar-refractivity contribution in [3.8, 4) is 11.4 Å². The molecule has 1 aromatic heterocycles. The van der Waals surface area contributed by atoms with E-state index in [-0.39, 0.29) is 22.5 Å². The lowest BCUT2D eigenvalue weighted by atomic mass is 10.2. The fourth-order valence-electron chi connectivity index (χ4n) is 1.84. The monoisotopic (exact) mass is 317 g/mol. The molecule has 0 N–H and O–H groups in total. The van der Waals surface area contributed by atoms with Gasteiger partial charge >= 0.3 is 0 Å². The summed E-state index contributed by atoms with van der Waals surface area (Å²) in [5.41, 5.74) is 0.187. The lowest BCUT2D eigenvalue weighted by Crippen LogP contribution is -2.12. The summed E-state index contributed by atoms with van der Waals surface area (Å²) >= 11 is 0. The first kappa shape index (κ1) is 14.9. The first-order valence-electron chi connectivity index (χ1n) is 5.93. The summed E-state index contributed by atoms with van der Waals surface area (Å²) in [6.07, 6.45) is 0. The van der Waals surface area contributed by atoms with Crippen LogP contribution in [0.4, 0.5) is 4.39 Å². The summed E-state index contributed by atoms with van der Waals surface area (Å²) in [5.74, 6) is -0.229. The van der Waals surface area contributed by atoms with E-state index in [4.69, 9.17) is 10.7 Å². The molecule has 0 aliphatic heterocycles. The van der Waals surface area contributed by atoms with E-state index in [1.165, 1.54) is 16.7 Å². The summed E-state index contributed by atoms with van der Waals surface area (Å²) in [7, 11) is 1.30. The zero-order valence-electron chi connectivity index (χ0n) is 10.9. The topological polar surface area (TPSA) is 64.8 Å². The van der Waals surface area contributed by atoms with Gasteiger partial charge in [0.05, 0.1) is 5.56 Å². The molecule has 20 heavy (non-hydrogen) atoms. The highest BCUT2D eigenvalue weighted by atomic mass is 35.7. The molecule has 0 aliphatic rings. The summed E-state index contributed by atoms with van der Waals surface area (Å²) < 4.78 is 38.2. The zero-order chi connectivity index (χ0) is 14.9. The van der Waals surface area contributed by atoms with Crippen LogP contribution in [-0.4, -0.2) is 23.2 Å². The number of nitrogens with zero attached hydrogens (tertiary/aromatic N) is 3. The van der Waals surface area contributed by atoms with Crippen molar-refractivity contribution in [3.05, 3.63) is 30.1 Å². The van der Waals surface area contributed by atoms with Gasteiger partial charge in [0.25, 0.3) is 14.2 Å². The molecule has 1 heterocycles. The van der Waals surface area contributed by atoms with E-state index >= 15 is 0 Å². The molecule has 0 radical (unpaired) electrons. The van der Waals surface area contributed by atoms with Crippen LogP contribution in [0.15, 0.2) is 29.4 Å². The summed E-state index contributed by atoms with van der Waals surface area (Å²) in [6, 6.07) is 5.97. The Balaban J connectivity index is 2.66. The summed E-state index contributed by atoms with van der Waals surface area (Å²) in [4.78, 5) is 0. The molecular weight excluding hydrogens is 305 g/mol. The molecule has 2 rings (SSSR count). The van der Waals surface area contributed by atoms with E-state index in [1.807, 2.05) is 13.8 Å². The van der Waals surface area contributed by atoms with Crippen molar-refractivity contribution in [1.29, 1.82) is 0 Å². The second kappa shape index (κ2) is 5.49. The van der Waals surface area contributed by atoms with E-state index in [0.29, 0.717) is 6.54 Å². The molecule has 0 unspecified atom stereocenters. The smallest absolute Gasteiger partial charge is 0.296 e. The highest BCUT2D eigenvalue weighted by molar-refractivity contribution is 8.13. The molecular formula is C12H13ClFN3O2S. The van der Waals surface area contributed by atoms with Crippen LogP contribution in [0.1, 0.15) is 13.8 Å². The molecule has 0 fully saturated rings. The fraction of sp³-hybridized carbons (Fsp3) is 0.333. The lowest BCUT2D eigenvalue weighted by molar-refractivity contribution is 0.487. The van der Waals surface area contributed by atoms with Gasteiger partial charge < -0.3 is 0 Å². The largest absolute Gasteiger partial charge is 0.296 e. The van der Waals surface area contributed by atoms with E-state index in [9.17, 15) is 12.8 Å². The van der Waals surface area contributed by atoms with Crippen LogP contribution < -0.4 is 0 Å². The first-order valence-corrected chi connectivity index (χ1v) is 8.24. The second-order valence-electron chi connectivity index (χ2n) is 4.73. The van der Waals surface area contributed by atoms with Crippen molar-refractivity contribution in [2.45, 2.75) is 25.5 Å². The SMILES string of the molecule is CC(C)Cn1c(-c2ccccc2F)nnc1S(=O)(=O)Cl. The van der Waals surface area contributed by atoms with Crippen LogP contribution in [0.3, 0.4) is 0 Å². The maximum atomic E-state index is 13.8. The van der Waals surface area contributed by atoms with Crippen LogP contribution in [-0.2, 0) is 15.6 Å². The average molecular weight is 318 g/mol. The van der Waals surface area contributed by atoms with Gasteiger partial charge in [-0.15, -0.1) is 10.2 Å². The molecule has 0 spiro atoms. The standard InChI is InChI=1S/C12H13ClFN3O2S/c1-8(2)7-17-11(9-5-3-4-6-10(9)14)15-16-12(17)20(13,18)19/h3-6,8H,7H2,1-2H3. The average Bonchev–Trinajstić information content (AvgIpc) is 2.72. The fourth-order valence-corrected chi connectivity index (χ4v) is 2.75. The maximum absolute atomic E-state index is 13.8. The van der Waals surface area contributed by atoms with Crippen molar-refractivity contribution in [2.75, 3.05) is 0 Å². The summed E-state index contributed by atoms with van der Waals surface area (Å²) in [6.45, 7) is 4.11. The quantitative estimate of drug-likeness (QED) is 0.813. The van der Waals surface area contributed by atoms with Crippen molar-refractivity contribution in [3.63, 3.8) is 0 Å². The molecule has 5 nitrogen and oxygen atoms in total. The molecule has 0 bridgehead atoms. The Morgan fingerprint density at radius 2 is 1.95 bits per heavy atom. The second-order valence-corrected chi connectivity index (χ2v) is 7.19.